The first-order chi connectivity index (χ1) is 12.8. The molecule has 0 radical (unpaired) electrons. The second kappa shape index (κ2) is 8.22. The summed E-state index contributed by atoms with van der Waals surface area (Å²) in [6.07, 6.45) is 2.31. The number of phenols is 1. The van der Waals surface area contributed by atoms with Gasteiger partial charge in [0.15, 0.2) is 0 Å². The zero-order valence-electron chi connectivity index (χ0n) is 14.5. The Kier molecular flexibility index (Phi) is 5.96. The van der Waals surface area contributed by atoms with Gasteiger partial charge in [-0.2, -0.15) is 0 Å². The van der Waals surface area contributed by atoms with E-state index in [-0.39, 0.29) is 17.4 Å². The normalized spacial score (nSPS) is 21.8. The summed E-state index contributed by atoms with van der Waals surface area (Å²) in [6, 6.07) is 11.2. The summed E-state index contributed by atoms with van der Waals surface area (Å²) in [5, 5.41) is 24.5. The van der Waals surface area contributed by atoms with E-state index in [1.807, 2.05) is 6.07 Å². The van der Waals surface area contributed by atoms with Gasteiger partial charge in [-0.05, 0) is 55.7 Å². The summed E-state index contributed by atoms with van der Waals surface area (Å²) < 4.78 is 0. The highest BCUT2D eigenvalue weighted by atomic mass is 35.5. The number of hydrogen-bond donors (Lipinski definition) is 3. The molecular weight excluding hydrogens is 385 g/mol. The topological polar surface area (TPSA) is 69.6 Å². The van der Waals surface area contributed by atoms with E-state index >= 15 is 0 Å². The number of carbonyl (C=O) groups is 1. The molecule has 3 rings (SSSR count). The van der Waals surface area contributed by atoms with E-state index in [1.54, 1.807) is 18.2 Å². The van der Waals surface area contributed by atoms with Crippen LogP contribution in [0.15, 0.2) is 42.5 Å². The molecule has 0 unspecified atom stereocenters. The fraction of sp³-hybridized carbons (Fsp3) is 0.286. The molecule has 0 heterocycles. The maximum atomic E-state index is 12.5. The predicted octanol–water partition coefficient (Wildman–Crippen LogP) is 4.15. The van der Waals surface area contributed by atoms with E-state index in [2.05, 4.69) is 17.2 Å². The van der Waals surface area contributed by atoms with E-state index in [9.17, 15) is 15.0 Å². The molecule has 1 fully saturated rings. The molecule has 3 N–H and O–H groups in total. The van der Waals surface area contributed by atoms with Gasteiger partial charge in [-0.25, -0.2) is 0 Å². The average molecular weight is 404 g/mol. The lowest BCUT2D eigenvalue weighted by molar-refractivity contribution is 0.0452. The van der Waals surface area contributed by atoms with Crippen molar-refractivity contribution < 1.29 is 15.0 Å². The van der Waals surface area contributed by atoms with Crippen LogP contribution < -0.4 is 5.32 Å². The standard InChI is InChI=1S/C21H19Cl2NO3/c22-15-4-1-3-14(11-15)8-10-21(27)9-2-5-17(13-21)24-20(26)18-12-16(23)6-7-19(18)25/h1,3-4,6-7,11-12,17,25,27H,2,5,9,13H2,(H,24,26)/t17-,21+/m0/s1. The summed E-state index contributed by atoms with van der Waals surface area (Å²) in [5.41, 5.74) is -0.345. The molecular formula is C21H19Cl2NO3. The van der Waals surface area contributed by atoms with Crippen LogP contribution in [0, 0.1) is 11.8 Å². The van der Waals surface area contributed by atoms with E-state index in [0.717, 1.165) is 18.4 Å². The van der Waals surface area contributed by atoms with Crippen molar-refractivity contribution in [3.05, 3.63) is 63.6 Å². The molecule has 2 atom stereocenters. The number of hydrogen-bond acceptors (Lipinski definition) is 3. The van der Waals surface area contributed by atoms with Gasteiger partial charge in [-0.1, -0.05) is 41.1 Å². The van der Waals surface area contributed by atoms with Gasteiger partial charge in [0.05, 0.1) is 5.56 Å². The molecule has 0 aromatic heterocycles. The second-order valence-corrected chi connectivity index (χ2v) is 7.59. The quantitative estimate of drug-likeness (QED) is 0.659. The van der Waals surface area contributed by atoms with Gasteiger partial charge in [0.2, 0.25) is 0 Å². The Morgan fingerprint density at radius 1 is 1.19 bits per heavy atom. The molecule has 6 heteroatoms. The van der Waals surface area contributed by atoms with Crippen molar-refractivity contribution in [1.29, 1.82) is 0 Å². The molecule has 1 aliphatic rings. The lowest BCUT2D eigenvalue weighted by Crippen LogP contribution is -2.45. The SMILES string of the molecule is O=C(N[C@H]1CCC[C@@](O)(C#Cc2cccc(Cl)c2)C1)c1cc(Cl)ccc1O. The first kappa shape index (κ1) is 19.6. The van der Waals surface area contributed by atoms with Crippen LogP contribution in [0.25, 0.3) is 0 Å². The second-order valence-electron chi connectivity index (χ2n) is 6.72. The average Bonchev–Trinajstić information content (AvgIpc) is 2.62. The predicted molar refractivity (Wildman–Crippen MR) is 106 cm³/mol. The molecule has 1 aliphatic carbocycles. The highest BCUT2D eigenvalue weighted by Gasteiger charge is 2.33. The summed E-state index contributed by atoms with van der Waals surface area (Å²) >= 11 is 11.9. The minimum absolute atomic E-state index is 0.113. The number of nitrogens with one attached hydrogen (secondary N) is 1. The Labute approximate surface area is 168 Å². The largest absolute Gasteiger partial charge is 0.507 e. The first-order valence-electron chi connectivity index (χ1n) is 8.65. The fourth-order valence-corrected chi connectivity index (χ4v) is 3.56. The Morgan fingerprint density at radius 2 is 1.96 bits per heavy atom. The third-order valence-corrected chi connectivity index (χ3v) is 5.00. The minimum Gasteiger partial charge on any atom is -0.507 e. The molecule has 27 heavy (non-hydrogen) atoms. The number of phenolic OH excluding ortho intramolecular Hbond substituents is 1. The summed E-state index contributed by atoms with van der Waals surface area (Å²) in [5.74, 6) is 5.33. The zero-order valence-corrected chi connectivity index (χ0v) is 16.0. The fourth-order valence-electron chi connectivity index (χ4n) is 3.20. The number of amides is 1. The van der Waals surface area contributed by atoms with E-state index in [1.165, 1.54) is 18.2 Å². The Bertz CT molecular complexity index is 919. The van der Waals surface area contributed by atoms with E-state index in [4.69, 9.17) is 23.2 Å². The molecule has 2 aromatic rings. The van der Waals surface area contributed by atoms with Gasteiger partial charge in [0.25, 0.3) is 5.91 Å². The highest BCUT2D eigenvalue weighted by molar-refractivity contribution is 6.31. The van der Waals surface area contributed by atoms with Crippen molar-refractivity contribution in [1.82, 2.24) is 5.32 Å². The molecule has 0 saturated heterocycles. The molecule has 140 valence electrons. The van der Waals surface area contributed by atoms with Crippen LogP contribution in [0.3, 0.4) is 0 Å². The van der Waals surface area contributed by atoms with Crippen molar-refractivity contribution in [2.45, 2.75) is 37.3 Å². The van der Waals surface area contributed by atoms with Gasteiger partial charge in [-0.3, -0.25) is 4.79 Å². The summed E-state index contributed by atoms with van der Waals surface area (Å²) in [7, 11) is 0. The van der Waals surface area contributed by atoms with Crippen LogP contribution in [-0.2, 0) is 0 Å². The summed E-state index contributed by atoms with van der Waals surface area (Å²) in [6.45, 7) is 0. The smallest absolute Gasteiger partial charge is 0.255 e. The molecule has 0 spiro atoms. The van der Waals surface area contributed by atoms with Crippen LogP contribution in [0.5, 0.6) is 5.75 Å². The number of aliphatic hydroxyl groups is 1. The van der Waals surface area contributed by atoms with E-state index in [0.29, 0.717) is 22.9 Å². The zero-order chi connectivity index (χ0) is 19.4. The van der Waals surface area contributed by atoms with Crippen LogP contribution in [0.4, 0.5) is 0 Å². The van der Waals surface area contributed by atoms with Gasteiger partial charge in [0, 0.05) is 28.1 Å². The first-order valence-corrected chi connectivity index (χ1v) is 9.41. The van der Waals surface area contributed by atoms with Crippen LogP contribution >= 0.6 is 23.2 Å². The molecule has 1 saturated carbocycles. The lowest BCUT2D eigenvalue weighted by atomic mass is 9.82. The Balaban J connectivity index is 1.70. The van der Waals surface area contributed by atoms with Crippen LogP contribution in [0.2, 0.25) is 10.0 Å². The minimum atomic E-state index is -1.19. The lowest BCUT2D eigenvalue weighted by Gasteiger charge is -2.33. The molecule has 2 aromatic carbocycles. The van der Waals surface area contributed by atoms with Gasteiger partial charge < -0.3 is 15.5 Å². The summed E-state index contributed by atoms with van der Waals surface area (Å²) in [4.78, 5) is 12.5. The van der Waals surface area contributed by atoms with E-state index < -0.39 is 11.5 Å². The number of rotatable bonds is 2. The third-order valence-electron chi connectivity index (χ3n) is 4.53. The Morgan fingerprint density at radius 3 is 2.74 bits per heavy atom. The van der Waals surface area contributed by atoms with Crippen molar-refractivity contribution >= 4 is 29.1 Å². The third kappa shape index (κ3) is 5.17. The van der Waals surface area contributed by atoms with Crippen molar-refractivity contribution in [3.63, 3.8) is 0 Å². The maximum Gasteiger partial charge on any atom is 0.255 e. The maximum absolute atomic E-state index is 12.5. The highest BCUT2D eigenvalue weighted by Crippen LogP contribution is 2.29. The van der Waals surface area contributed by atoms with Crippen molar-refractivity contribution in [2.75, 3.05) is 0 Å². The number of aromatic hydroxyl groups is 1. The van der Waals surface area contributed by atoms with Gasteiger partial charge in [0.1, 0.15) is 11.4 Å². The van der Waals surface area contributed by atoms with Crippen LogP contribution in [0.1, 0.15) is 41.6 Å². The molecule has 4 nitrogen and oxygen atoms in total. The number of benzene rings is 2. The molecule has 0 aliphatic heterocycles. The molecule has 0 bridgehead atoms. The van der Waals surface area contributed by atoms with Crippen molar-refractivity contribution in [3.8, 4) is 17.6 Å². The number of carbonyl (C=O) groups excluding carboxylic acids is 1. The van der Waals surface area contributed by atoms with Gasteiger partial charge in [-0.15, -0.1) is 0 Å². The van der Waals surface area contributed by atoms with Crippen molar-refractivity contribution in [2.24, 2.45) is 0 Å². The molecule has 1 amide bonds. The number of halogens is 2. The van der Waals surface area contributed by atoms with Crippen LogP contribution in [-0.4, -0.2) is 27.8 Å². The van der Waals surface area contributed by atoms with Gasteiger partial charge >= 0.3 is 0 Å². The Hall–Kier alpha value is -2.19. The monoisotopic (exact) mass is 403 g/mol.